The van der Waals surface area contributed by atoms with Crippen molar-refractivity contribution in [3.05, 3.63) is 28.8 Å². The summed E-state index contributed by atoms with van der Waals surface area (Å²) < 4.78 is 20.9. The molecule has 4 N–H and O–H groups in total. The van der Waals surface area contributed by atoms with Crippen molar-refractivity contribution in [2.45, 2.75) is 108 Å². The molecule has 0 radical (unpaired) electrons. The molecule has 0 bridgehead atoms. The lowest BCUT2D eigenvalue weighted by Crippen LogP contribution is -2.46. The van der Waals surface area contributed by atoms with Gasteiger partial charge in [-0.1, -0.05) is 32.9 Å². The van der Waals surface area contributed by atoms with Crippen LogP contribution in [0.5, 0.6) is 0 Å². The van der Waals surface area contributed by atoms with E-state index in [9.17, 15) is 9.90 Å². The van der Waals surface area contributed by atoms with Crippen molar-refractivity contribution in [3.8, 4) is 0 Å². The highest BCUT2D eigenvalue weighted by molar-refractivity contribution is 8.63. The number of aromatic amines is 1. The van der Waals surface area contributed by atoms with E-state index in [4.69, 9.17) is 31.2 Å². The van der Waals surface area contributed by atoms with E-state index < -0.39 is 32.3 Å². The van der Waals surface area contributed by atoms with Crippen LogP contribution >= 0.6 is 17.5 Å². The summed E-state index contributed by atoms with van der Waals surface area (Å²) in [6.07, 6.45) is 1.82. The van der Waals surface area contributed by atoms with Crippen molar-refractivity contribution in [3.63, 3.8) is 0 Å². The average Bonchev–Trinajstić information content (AvgIpc) is 3.42. The fourth-order valence-electron chi connectivity index (χ4n) is 5.00. The average molecular weight is 629 g/mol. The molecule has 0 spiro atoms. The molecule has 2 aromatic rings. The first-order chi connectivity index (χ1) is 18.5. The number of aliphatic hydroxyl groups is 1. The molecule has 4 rings (SSSR count). The van der Waals surface area contributed by atoms with Crippen LogP contribution in [-0.2, 0) is 25.5 Å². The molecule has 222 valence electrons. The first-order valence-electron chi connectivity index (χ1n) is 13.7. The number of nitrogen functional groups attached to an aromatic ring is 1. The van der Waals surface area contributed by atoms with Crippen LogP contribution in [0, 0.1) is 5.92 Å². The van der Waals surface area contributed by atoms with Crippen molar-refractivity contribution in [2.75, 3.05) is 12.3 Å². The fraction of sp³-hybridized carbons (Fsp3) is 0.731. The maximum atomic E-state index is 12.3. The van der Waals surface area contributed by atoms with E-state index in [1.54, 1.807) is 22.3 Å². The molecule has 14 heteroatoms. The number of nitrogens with two attached hydrogens (primary N) is 1. The zero-order chi connectivity index (χ0) is 29.6. The van der Waals surface area contributed by atoms with Gasteiger partial charge in [-0.15, -0.1) is 0 Å². The number of fused-ring (bicyclic) bond motifs is 1. The molecule has 7 atom stereocenters. The zero-order valence-corrected chi connectivity index (χ0v) is 28.0. The number of H-pyrrole nitrogens is 1. The molecule has 0 amide bonds. The van der Waals surface area contributed by atoms with Crippen molar-refractivity contribution >= 4 is 54.7 Å². The summed E-state index contributed by atoms with van der Waals surface area (Å²) in [6, 6.07) is 0. The smallest absolute Gasteiger partial charge is 0.411 e. The highest BCUT2D eigenvalue weighted by Crippen LogP contribution is 2.55. The van der Waals surface area contributed by atoms with Crippen LogP contribution in [0.1, 0.15) is 66.5 Å². The Balaban J connectivity index is 1.49. The van der Waals surface area contributed by atoms with Gasteiger partial charge >= 0.3 is 6.13 Å². The van der Waals surface area contributed by atoms with Gasteiger partial charge in [-0.25, -0.2) is 4.98 Å². The number of anilines is 1. The van der Waals surface area contributed by atoms with Crippen LogP contribution in [0.15, 0.2) is 23.3 Å². The van der Waals surface area contributed by atoms with Gasteiger partial charge in [0, 0.05) is 6.42 Å². The van der Waals surface area contributed by atoms with Gasteiger partial charge in [0.25, 0.3) is 5.56 Å². The first kappa shape index (κ1) is 31.7. The number of nitrogens with zero attached hydrogens (tertiary/aromatic N) is 3. The van der Waals surface area contributed by atoms with Crippen LogP contribution in [0.3, 0.4) is 0 Å². The third-order valence-electron chi connectivity index (χ3n) is 8.72. The van der Waals surface area contributed by atoms with Gasteiger partial charge in [0.15, 0.2) is 19.5 Å². The molecular formula is C26H43N5O5PS2Si+. The molecule has 1 aliphatic carbocycles. The normalized spacial score (nSPS) is 30.1. The third kappa shape index (κ3) is 6.72. The van der Waals surface area contributed by atoms with Crippen LogP contribution in [0.4, 0.5) is 5.95 Å². The zero-order valence-electron chi connectivity index (χ0n) is 24.5. The lowest BCUT2D eigenvalue weighted by Gasteiger charge is -2.39. The van der Waals surface area contributed by atoms with E-state index in [-0.39, 0.29) is 40.1 Å². The third-order valence-corrected chi connectivity index (χ3v) is 17.6. The molecule has 3 heterocycles. The van der Waals surface area contributed by atoms with Gasteiger partial charge in [-0.05, 0) is 57.2 Å². The topological polar surface area (TPSA) is 138 Å². The summed E-state index contributed by atoms with van der Waals surface area (Å²) in [7, 11) is -2.14. The summed E-state index contributed by atoms with van der Waals surface area (Å²) in [5, 5.41) is 11.0. The molecule has 1 saturated carbocycles. The standard InChI is InChI=1S/C26H42N5O5PS2Si/c1-15(2)16-9-10-26(6,19(32)11-16)39-37(38)34-13-18-17(36-40(7,8)25(3,4)5)12-20(35-18)31-14-28-21-22(31)29-24(27)30-23(21)33/h14,16-20,32H,1,9-13H2,2-8H3,(H2-,27,29,30,33)/p+1/t16-,17?,18+,19+,20+,26+/m0/s1. The van der Waals surface area contributed by atoms with Gasteiger partial charge in [-0.3, -0.25) is 14.3 Å². The Hall–Kier alpha value is -1.18. The fourth-order valence-corrected chi connectivity index (χ4v) is 11.2. The molecule has 2 aromatic heterocycles. The van der Waals surface area contributed by atoms with Gasteiger partial charge in [-0.2, -0.15) is 9.51 Å². The molecule has 2 aliphatic rings. The Morgan fingerprint density at radius 2 is 2.15 bits per heavy atom. The molecule has 1 aliphatic heterocycles. The van der Waals surface area contributed by atoms with Crippen LogP contribution < -0.4 is 11.3 Å². The molecular weight excluding hydrogens is 586 g/mol. The first-order valence-corrected chi connectivity index (χ1v) is 20.3. The van der Waals surface area contributed by atoms with Gasteiger partial charge in [0.05, 0.1) is 23.3 Å². The Morgan fingerprint density at radius 3 is 2.77 bits per heavy atom. The second-order valence-corrected chi connectivity index (χ2v) is 22.6. The van der Waals surface area contributed by atoms with E-state index in [0.717, 1.165) is 18.4 Å². The molecule has 10 nitrogen and oxygen atoms in total. The van der Waals surface area contributed by atoms with Crippen LogP contribution in [-0.4, -0.2) is 62.6 Å². The van der Waals surface area contributed by atoms with Crippen molar-refractivity contribution in [1.82, 2.24) is 19.5 Å². The van der Waals surface area contributed by atoms with Crippen molar-refractivity contribution < 1.29 is 18.8 Å². The lowest BCUT2D eigenvalue weighted by atomic mass is 9.77. The second kappa shape index (κ2) is 11.8. The van der Waals surface area contributed by atoms with Crippen LogP contribution in [0.25, 0.3) is 11.2 Å². The molecule has 40 heavy (non-hydrogen) atoms. The van der Waals surface area contributed by atoms with E-state index in [1.165, 1.54) is 0 Å². The Bertz CT molecular complexity index is 1330. The van der Waals surface area contributed by atoms with Gasteiger partial charge < -0.3 is 20.0 Å². The number of aromatic nitrogens is 4. The monoisotopic (exact) mass is 628 g/mol. The minimum atomic E-state index is -2.14. The molecule has 2 unspecified atom stereocenters. The number of hydrogen-bond acceptors (Lipinski definition) is 10. The minimum absolute atomic E-state index is 0.00927. The molecule has 1 saturated heterocycles. The minimum Gasteiger partial charge on any atom is -0.411 e. The summed E-state index contributed by atoms with van der Waals surface area (Å²) in [4.78, 5) is 23.4. The Morgan fingerprint density at radius 1 is 1.45 bits per heavy atom. The predicted octanol–water partition coefficient (Wildman–Crippen LogP) is 5.40. The van der Waals surface area contributed by atoms with E-state index in [0.29, 0.717) is 24.4 Å². The van der Waals surface area contributed by atoms with E-state index >= 15 is 0 Å². The highest BCUT2D eigenvalue weighted by atomic mass is 32.9. The number of allylic oxidation sites excluding steroid dienone is 1. The van der Waals surface area contributed by atoms with E-state index in [1.807, 2.05) is 6.92 Å². The van der Waals surface area contributed by atoms with Crippen LogP contribution in [0.2, 0.25) is 18.1 Å². The largest absolute Gasteiger partial charge is 0.415 e. The SMILES string of the molecule is C=C(C)[C@H]1CC[C@@](C)(S[P+](=S)OC[C@H]2O[C@@H](n3cnc4c(=O)[nH]c(N)nc43)CC2O[Si](C)(C)C(C)(C)C)[C@H](O)C1. The second-order valence-electron chi connectivity index (χ2n) is 12.8. The van der Waals surface area contributed by atoms with Crippen molar-refractivity contribution in [1.29, 1.82) is 0 Å². The van der Waals surface area contributed by atoms with E-state index in [2.05, 4.69) is 62.3 Å². The molecule has 2 fully saturated rings. The predicted molar refractivity (Wildman–Crippen MR) is 168 cm³/mol. The van der Waals surface area contributed by atoms with Gasteiger partial charge in [0.2, 0.25) is 17.8 Å². The number of ether oxygens (including phenoxy) is 1. The lowest BCUT2D eigenvalue weighted by molar-refractivity contribution is -0.0334. The maximum Gasteiger partial charge on any atom is 0.415 e. The number of aliphatic hydroxyl groups excluding tert-OH is 1. The van der Waals surface area contributed by atoms with Crippen molar-refractivity contribution in [2.24, 2.45) is 5.92 Å². The quantitative estimate of drug-likeness (QED) is 0.188. The highest BCUT2D eigenvalue weighted by Gasteiger charge is 2.48. The summed E-state index contributed by atoms with van der Waals surface area (Å²) in [6.45, 7) is 19.5. The molecule has 0 aromatic carbocycles. The number of hydrogen-bond donors (Lipinski definition) is 3. The Kier molecular flexibility index (Phi) is 9.39. The summed E-state index contributed by atoms with van der Waals surface area (Å²) in [5.41, 5.74) is 7.12. The Labute approximate surface area is 247 Å². The summed E-state index contributed by atoms with van der Waals surface area (Å²) >= 11 is 7.34. The number of rotatable bonds is 9. The maximum absolute atomic E-state index is 12.3. The number of imidazole rings is 1. The van der Waals surface area contributed by atoms with Gasteiger partial charge in [0.1, 0.15) is 30.3 Å². The number of nitrogens with one attached hydrogen (secondary N) is 1. The summed E-state index contributed by atoms with van der Waals surface area (Å²) in [5.74, 6) is 0.366.